The molecule has 110 valence electrons. The molecule has 2 N–H and O–H groups in total. The van der Waals surface area contributed by atoms with E-state index in [4.69, 9.17) is 0 Å². The molecule has 6 heteroatoms. The molecule has 0 fully saturated rings. The lowest BCUT2D eigenvalue weighted by Crippen LogP contribution is -2.13. The molecule has 0 bridgehead atoms. The number of unbranched alkanes of at least 4 members (excludes halogenated alkanes) is 1. The van der Waals surface area contributed by atoms with Crippen LogP contribution in [0.15, 0.2) is 36.7 Å². The predicted octanol–water partition coefficient (Wildman–Crippen LogP) is 2.61. The highest BCUT2D eigenvalue weighted by Crippen LogP contribution is 2.08. The summed E-state index contributed by atoms with van der Waals surface area (Å²) in [5, 5.41) is 13.9. The molecule has 0 aliphatic heterocycles. The van der Waals surface area contributed by atoms with Crippen molar-refractivity contribution in [2.45, 2.75) is 32.7 Å². The largest absolute Gasteiger partial charge is 0.365 e. The van der Waals surface area contributed by atoms with Crippen LogP contribution in [-0.2, 0) is 11.3 Å². The van der Waals surface area contributed by atoms with E-state index in [9.17, 15) is 4.79 Å². The van der Waals surface area contributed by atoms with Crippen LogP contribution in [-0.4, -0.2) is 21.1 Å². The van der Waals surface area contributed by atoms with Crippen LogP contribution in [0.4, 0.5) is 11.6 Å². The standard InChI is InChI=1S/C15H19N5O/c1-2-3-4-15(21)18-14-6-5-13(19-20-14)17-11-12-7-9-16-10-8-12/h5-10H,2-4,11H2,1H3,(H,17,19)(H,18,20,21). The molecule has 0 unspecified atom stereocenters. The Kier molecular flexibility index (Phi) is 5.63. The average molecular weight is 285 g/mol. The Hall–Kier alpha value is -2.50. The number of hydrogen-bond donors (Lipinski definition) is 2. The van der Waals surface area contributed by atoms with Gasteiger partial charge in [0.1, 0.15) is 5.82 Å². The van der Waals surface area contributed by atoms with Gasteiger partial charge in [-0.25, -0.2) is 0 Å². The summed E-state index contributed by atoms with van der Waals surface area (Å²) in [4.78, 5) is 15.5. The van der Waals surface area contributed by atoms with E-state index in [0.29, 0.717) is 24.6 Å². The molecule has 0 spiro atoms. The molecule has 0 radical (unpaired) electrons. The molecule has 2 heterocycles. The number of carbonyl (C=O) groups excluding carboxylic acids is 1. The van der Waals surface area contributed by atoms with Gasteiger partial charge in [0.2, 0.25) is 5.91 Å². The van der Waals surface area contributed by atoms with Gasteiger partial charge < -0.3 is 10.6 Å². The van der Waals surface area contributed by atoms with Crippen molar-refractivity contribution in [2.24, 2.45) is 0 Å². The smallest absolute Gasteiger partial charge is 0.225 e. The number of anilines is 2. The molecule has 0 saturated carbocycles. The Labute approximate surface area is 124 Å². The molecule has 1 amide bonds. The summed E-state index contributed by atoms with van der Waals surface area (Å²) >= 11 is 0. The van der Waals surface area contributed by atoms with Crippen LogP contribution in [0.2, 0.25) is 0 Å². The zero-order valence-electron chi connectivity index (χ0n) is 12.0. The van der Waals surface area contributed by atoms with E-state index < -0.39 is 0 Å². The molecule has 21 heavy (non-hydrogen) atoms. The number of hydrogen-bond acceptors (Lipinski definition) is 5. The van der Waals surface area contributed by atoms with Crippen molar-refractivity contribution in [2.75, 3.05) is 10.6 Å². The van der Waals surface area contributed by atoms with Crippen LogP contribution in [0.5, 0.6) is 0 Å². The maximum atomic E-state index is 11.6. The minimum absolute atomic E-state index is 0.0244. The Morgan fingerprint density at radius 2 is 1.81 bits per heavy atom. The van der Waals surface area contributed by atoms with Gasteiger partial charge in [-0.15, -0.1) is 10.2 Å². The maximum absolute atomic E-state index is 11.6. The van der Waals surface area contributed by atoms with E-state index in [-0.39, 0.29) is 5.91 Å². The fourth-order valence-electron chi connectivity index (χ4n) is 1.73. The third-order valence-electron chi connectivity index (χ3n) is 2.91. The zero-order chi connectivity index (χ0) is 14.9. The second-order valence-electron chi connectivity index (χ2n) is 4.66. The molecule has 2 aromatic heterocycles. The lowest BCUT2D eigenvalue weighted by atomic mass is 10.2. The van der Waals surface area contributed by atoms with E-state index >= 15 is 0 Å². The highest BCUT2D eigenvalue weighted by molar-refractivity contribution is 5.89. The molecule has 0 aliphatic carbocycles. The monoisotopic (exact) mass is 285 g/mol. The first kappa shape index (κ1) is 14.9. The number of rotatable bonds is 7. The zero-order valence-corrected chi connectivity index (χ0v) is 12.0. The summed E-state index contributed by atoms with van der Waals surface area (Å²) in [6.07, 6.45) is 5.89. The Balaban J connectivity index is 1.83. The number of amides is 1. The van der Waals surface area contributed by atoms with Gasteiger partial charge in [-0.05, 0) is 36.2 Å². The Bertz CT molecular complexity index is 556. The number of nitrogens with one attached hydrogen (secondary N) is 2. The van der Waals surface area contributed by atoms with Gasteiger partial charge in [-0.3, -0.25) is 9.78 Å². The normalized spacial score (nSPS) is 10.1. The van der Waals surface area contributed by atoms with Crippen molar-refractivity contribution in [3.05, 3.63) is 42.2 Å². The Morgan fingerprint density at radius 3 is 2.48 bits per heavy atom. The quantitative estimate of drug-likeness (QED) is 0.817. The molecule has 2 aromatic rings. The molecule has 0 saturated heterocycles. The van der Waals surface area contributed by atoms with E-state index in [1.807, 2.05) is 12.1 Å². The first-order chi connectivity index (χ1) is 10.3. The maximum Gasteiger partial charge on any atom is 0.225 e. The van der Waals surface area contributed by atoms with Crippen LogP contribution in [0.1, 0.15) is 31.7 Å². The van der Waals surface area contributed by atoms with Gasteiger partial charge in [-0.2, -0.15) is 0 Å². The first-order valence-corrected chi connectivity index (χ1v) is 7.04. The Morgan fingerprint density at radius 1 is 1.10 bits per heavy atom. The van der Waals surface area contributed by atoms with Crippen LogP contribution < -0.4 is 10.6 Å². The summed E-state index contributed by atoms with van der Waals surface area (Å²) in [5.41, 5.74) is 1.11. The van der Waals surface area contributed by atoms with E-state index in [1.165, 1.54) is 0 Å². The SMILES string of the molecule is CCCCC(=O)Nc1ccc(NCc2ccncc2)nn1. The number of nitrogens with zero attached hydrogens (tertiary/aromatic N) is 3. The van der Waals surface area contributed by atoms with Crippen LogP contribution in [0.25, 0.3) is 0 Å². The van der Waals surface area contributed by atoms with Crippen LogP contribution >= 0.6 is 0 Å². The van der Waals surface area contributed by atoms with E-state index in [2.05, 4.69) is 32.7 Å². The van der Waals surface area contributed by atoms with Crippen molar-refractivity contribution in [1.29, 1.82) is 0 Å². The summed E-state index contributed by atoms with van der Waals surface area (Å²) in [7, 11) is 0. The number of pyridine rings is 1. The lowest BCUT2D eigenvalue weighted by Gasteiger charge is -2.06. The first-order valence-electron chi connectivity index (χ1n) is 7.04. The summed E-state index contributed by atoms with van der Waals surface area (Å²) in [5.74, 6) is 1.12. The van der Waals surface area contributed by atoms with E-state index in [1.54, 1.807) is 24.5 Å². The minimum Gasteiger partial charge on any atom is -0.365 e. The average Bonchev–Trinajstić information content (AvgIpc) is 2.53. The molecule has 6 nitrogen and oxygen atoms in total. The number of aromatic nitrogens is 3. The van der Waals surface area contributed by atoms with Crippen LogP contribution in [0, 0.1) is 0 Å². The van der Waals surface area contributed by atoms with Gasteiger partial charge >= 0.3 is 0 Å². The topological polar surface area (TPSA) is 79.8 Å². The molecular weight excluding hydrogens is 266 g/mol. The second-order valence-corrected chi connectivity index (χ2v) is 4.66. The molecule has 0 aromatic carbocycles. The van der Waals surface area contributed by atoms with Crippen molar-refractivity contribution in [3.8, 4) is 0 Å². The molecule has 2 rings (SSSR count). The molecule has 0 aliphatic rings. The van der Waals surface area contributed by atoms with Crippen molar-refractivity contribution in [1.82, 2.24) is 15.2 Å². The molecular formula is C15H19N5O. The van der Waals surface area contributed by atoms with Gasteiger partial charge in [-0.1, -0.05) is 13.3 Å². The van der Waals surface area contributed by atoms with Gasteiger partial charge in [0.25, 0.3) is 0 Å². The predicted molar refractivity (Wildman–Crippen MR) is 81.8 cm³/mol. The fourth-order valence-corrected chi connectivity index (χ4v) is 1.73. The highest BCUT2D eigenvalue weighted by atomic mass is 16.1. The highest BCUT2D eigenvalue weighted by Gasteiger charge is 2.03. The third-order valence-corrected chi connectivity index (χ3v) is 2.91. The van der Waals surface area contributed by atoms with Crippen LogP contribution in [0.3, 0.4) is 0 Å². The fraction of sp³-hybridized carbons (Fsp3) is 0.333. The summed E-state index contributed by atoms with van der Waals surface area (Å²) in [6.45, 7) is 2.70. The third kappa shape index (κ3) is 5.18. The lowest BCUT2D eigenvalue weighted by molar-refractivity contribution is -0.116. The molecule has 0 atom stereocenters. The van der Waals surface area contributed by atoms with E-state index in [0.717, 1.165) is 18.4 Å². The minimum atomic E-state index is -0.0244. The van der Waals surface area contributed by atoms with Crippen molar-refractivity contribution >= 4 is 17.5 Å². The van der Waals surface area contributed by atoms with Gasteiger partial charge in [0.05, 0.1) is 0 Å². The van der Waals surface area contributed by atoms with Crippen molar-refractivity contribution < 1.29 is 4.79 Å². The number of carbonyl (C=O) groups is 1. The summed E-state index contributed by atoms with van der Waals surface area (Å²) in [6, 6.07) is 7.40. The van der Waals surface area contributed by atoms with Crippen molar-refractivity contribution in [3.63, 3.8) is 0 Å². The van der Waals surface area contributed by atoms with Gasteiger partial charge in [0.15, 0.2) is 5.82 Å². The van der Waals surface area contributed by atoms with Gasteiger partial charge in [0, 0.05) is 25.4 Å². The summed E-state index contributed by atoms with van der Waals surface area (Å²) < 4.78 is 0. The second kappa shape index (κ2) is 7.94.